The van der Waals surface area contributed by atoms with Crippen molar-refractivity contribution in [2.45, 2.75) is 5.66 Å². The highest BCUT2D eigenvalue weighted by molar-refractivity contribution is 5.81. The molecule has 0 saturated heterocycles. The van der Waals surface area contributed by atoms with E-state index in [1.807, 2.05) is 18.2 Å². The number of carbonyl (C=O) groups is 1. The molecule has 0 spiro atoms. The Morgan fingerprint density at radius 1 is 0.889 bits per heavy atom. The van der Waals surface area contributed by atoms with Crippen molar-refractivity contribution in [3.05, 3.63) is 70.9 Å². The van der Waals surface area contributed by atoms with Gasteiger partial charge in [-0.3, -0.25) is 0 Å². The molecule has 0 atom stereocenters. The van der Waals surface area contributed by atoms with Gasteiger partial charge in [-0.15, -0.1) is 0 Å². The third kappa shape index (κ3) is 1.43. The van der Waals surface area contributed by atoms with Crippen LogP contribution in [0.15, 0.2) is 64.6 Å². The highest BCUT2D eigenvalue weighted by Gasteiger charge is 2.41. The number of nitrogens with zero attached hydrogens (tertiary/aromatic N) is 2. The van der Waals surface area contributed by atoms with Crippen LogP contribution in [0.2, 0.25) is 0 Å². The highest BCUT2D eigenvalue weighted by Crippen LogP contribution is 2.28. The van der Waals surface area contributed by atoms with Crippen LogP contribution in [-0.2, 0) is 10.5 Å². The van der Waals surface area contributed by atoms with Crippen LogP contribution in [0.5, 0.6) is 0 Å². The fraction of sp³-hybridized carbons (Fsp3) is 0.0714. The number of hydrogen-bond donors (Lipinski definition) is 1. The number of fused-ring (bicyclic) bond motifs is 1. The summed E-state index contributed by atoms with van der Waals surface area (Å²) in [5.74, 6) is -1.06. The molecule has 0 amide bonds. The summed E-state index contributed by atoms with van der Waals surface area (Å²) in [5, 5.41) is 10.7. The molecule has 0 aliphatic carbocycles. The Labute approximate surface area is 103 Å². The molecular formula is C14H10N2O2. The van der Waals surface area contributed by atoms with Gasteiger partial charge >= 0.3 is 5.97 Å². The maximum absolute atomic E-state index is 11.6. The topological polar surface area (TPSA) is 62.0 Å². The molecule has 1 N–H and O–H groups in total. The molecule has 0 fully saturated rings. The number of aliphatic carboxylic acids is 1. The maximum Gasteiger partial charge on any atom is 0.359 e. The van der Waals surface area contributed by atoms with Crippen LogP contribution in [0.25, 0.3) is 0 Å². The van der Waals surface area contributed by atoms with E-state index in [0.717, 1.165) is 0 Å². The Balaban J connectivity index is 2.30. The van der Waals surface area contributed by atoms with Crippen molar-refractivity contribution >= 4 is 5.97 Å². The van der Waals surface area contributed by atoms with E-state index in [2.05, 4.69) is 9.98 Å². The van der Waals surface area contributed by atoms with Gasteiger partial charge in [0.15, 0.2) is 0 Å². The average molecular weight is 238 g/mol. The molecule has 1 heterocycles. The fourth-order valence-electron chi connectivity index (χ4n) is 2.05. The molecule has 0 aromatic heterocycles. The third-order valence-electron chi connectivity index (χ3n) is 2.92. The molecule has 2 aromatic rings. The summed E-state index contributed by atoms with van der Waals surface area (Å²) in [6, 6.07) is 16.0. The van der Waals surface area contributed by atoms with E-state index in [1.54, 1.807) is 36.4 Å². The van der Waals surface area contributed by atoms with E-state index < -0.39 is 11.6 Å². The fourth-order valence-corrected chi connectivity index (χ4v) is 2.05. The zero-order valence-electron chi connectivity index (χ0n) is 9.45. The second kappa shape index (κ2) is 3.77. The van der Waals surface area contributed by atoms with Gasteiger partial charge < -0.3 is 5.11 Å². The van der Waals surface area contributed by atoms with Gasteiger partial charge in [-0.2, -0.15) is 0 Å². The Bertz CT molecular complexity index is 688. The van der Waals surface area contributed by atoms with Crippen LogP contribution in [-0.4, -0.2) is 11.1 Å². The van der Waals surface area contributed by atoms with E-state index in [4.69, 9.17) is 0 Å². The van der Waals surface area contributed by atoms with E-state index in [1.165, 1.54) is 0 Å². The highest BCUT2D eigenvalue weighted by atomic mass is 16.4. The summed E-state index contributed by atoms with van der Waals surface area (Å²) in [6.45, 7) is 0. The van der Waals surface area contributed by atoms with E-state index in [9.17, 15) is 9.90 Å². The summed E-state index contributed by atoms with van der Waals surface area (Å²) in [6.07, 6.45) is 0. The van der Waals surface area contributed by atoms with Crippen molar-refractivity contribution in [1.29, 1.82) is 0 Å². The first-order valence-electron chi connectivity index (χ1n) is 5.56. The molecule has 88 valence electrons. The second-order valence-electron chi connectivity index (χ2n) is 4.06. The summed E-state index contributed by atoms with van der Waals surface area (Å²) < 4.78 is 0. The predicted octanol–water partition coefficient (Wildman–Crippen LogP) is 0.877. The maximum atomic E-state index is 11.6. The van der Waals surface area contributed by atoms with Crippen molar-refractivity contribution in [3.8, 4) is 0 Å². The first-order chi connectivity index (χ1) is 8.72. The van der Waals surface area contributed by atoms with Crippen LogP contribution in [0.4, 0.5) is 0 Å². The molecule has 1 aliphatic rings. The van der Waals surface area contributed by atoms with Crippen LogP contribution < -0.4 is 10.7 Å². The molecule has 0 unspecified atom stereocenters. The van der Waals surface area contributed by atoms with Crippen LogP contribution in [0, 0.1) is 0 Å². The predicted molar refractivity (Wildman–Crippen MR) is 64.5 cm³/mol. The van der Waals surface area contributed by atoms with Crippen LogP contribution >= 0.6 is 0 Å². The lowest BCUT2D eigenvalue weighted by Gasteiger charge is -2.17. The molecule has 2 aromatic carbocycles. The first kappa shape index (κ1) is 10.7. The molecule has 4 heteroatoms. The molecule has 3 rings (SSSR count). The number of para-hydroxylation sites is 2. The molecule has 18 heavy (non-hydrogen) atoms. The largest absolute Gasteiger partial charge is 0.478 e. The van der Waals surface area contributed by atoms with Gasteiger partial charge in [-0.1, -0.05) is 42.5 Å². The normalized spacial score (nSPS) is 15.3. The lowest BCUT2D eigenvalue weighted by molar-refractivity contribution is -0.143. The van der Waals surface area contributed by atoms with Crippen molar-refractivity contribution in [3.63, 3.8) is 0 Å². The number of carboxylic acids is 1. The Kier molecular flexibility index (Phi) is 2.23. The molecule has 0 radical (unpaired) electrons. The minimum Gasteiger partial charge on any atom is -0.478 e. The SMILES string of the molecule is O=C(O)C1(c2ccccc2)N=c2ccccc2=N1. The van der Waals surface area contributed by atoms with Crippen molar-refractivity contribution in [2.75, 3.05) is 0 Å². The molecule has 4 nitrogen and oxygen atoms in total. The van der Waals surface area contributed by atoms with Gasteiger partial charge in [-0.05, 0) is 12.1 Å². The minimum atomic E-state index is -1.54. The minimum absolute atomic E-state index is 0.564. The van der Waals surface area contributed by atoms with Gasteiger partial charge in [0.1, 0.15) is 0 Å². The number of hydrogen-bond acceptors (Lipinski definition) is 3. The number of benzene rings is 2. The Hall–Kier alpha value is -2.49. The molecule has 0 saturated carbocycles. The first-order valence-corrected chi connectivity index (χ1v) is 5.56. The summed E-state index contributed by atoms with van der Waals surface area (Å²) in [7, 11) is 0. The summed E-state index contributed by atoms with van der Waals surface area (Å²) >= 11 is 0. The van der Waals surface area contributed by atoms with Gasteiger partial charge in [0.05, 0.1) is 10.7 Å². The lowest BCUT2D eigenvalue weighted by atomic mass is 10.0. The van der Waals surface area contributed by atoms with E-state index in [0.29, 0.717) is 16.3 Å². The molecular weight excluding hydrogens is 228 g/mol. The summed E-state index contributed by atoms with van der Waals surface area (Å²) in [5.41, 5.74) is -0.973. The van der Waals surface area contributed by atoms with Crippen molar-refractivity contribution < 1.29 is 9.90 Å². The summed E-state index contributed by atoms with van der Waals surface area (Å²) in [4.78, 5) is 20.2. The van der Waals surface area contributed by atoms with Crippen LogP contribution in [0.1, 0.15) is 5.56 Å². The van der Waals surface area contributed by atoms with Crippen molar-refractivity contribution in [1.82, 2.24) is 0 Å². The van der Waals surface area contributed by atoms with Gasteiger partial charge in [-0.25, -0.2) is 14.8 Å². The second-order valence-corrected chi connectivity index (χ2v) is 4.06. The van der Waals surface area contributed by atoms with E-state index in [-0.39, 0.29) is 0 Å². The monoisotopic (exact) mass is 238 g/mol. The quantitative estimate of drug-likeness (QED) is 0.844. The Morgan fingerprint density at radius 2 is 1.39 bits per heavy atom. The Morgan fingerprint density at radius 3 is 1.89 bits per heavy atom. The standard InChI is InChI=1S/C14H10N2O2/c17-13(18)14(10-6-2-1-3-7-10)15-11-8-4-5-9-12(11)16-14/h1-9H,(H,17,18). The van der Waals surface area contributed by atoms with Gasteiger partial charge in [0.25, 0.3) is 5.66 Å². The van der Waals surface area contributed by atoms with Gasteiger partial charge in [0, 0.05) is 5.56 Å². The van der Waals surface area contributed by atoms with Gasteiger partial charge in [0.2, 0.25) is 0 Å². The zero-order valence-corrected chi connectivity index (χ0v) is 9.45. The third-order valence-corrected chi connectivity index (χ3v) is 2.92. The van der Waals surface area contributed by atoms with Crippen molar-refractivity contribution in [2.24, 2.45) is 9.98 Å². The van der Waals surface area contributed by atoms with E-state index >= 15 is 0 Å². The lowest BCUT2D eigenvalue weighted by Crippen LogP contribution is -2.31. The van der Waals surface area contributed by atoms with Crippen LogP contribution in [0.3, 0.4) is 0 Å². The smallest absolute Gasteiger partial charge is 0.359 e. The molecule has 1 aliphatic heterocycles. The number of rotatable bonds is 2. The average Bonchev–Trinajstić information content (AvgIpc) is 2.80. The molecule has 0 bridgehead atoms. The number of carboxylic acid groups (broad SMARTS) is 1. The zero-order chi connectivity index (χ0) is 12.6.